The first-order valence-corrected chi connectivity index (χ1v) is 11.1. The monoisotopic (exact) mass is 450 g/mol. The number of carbonyl (C=O) groups is 1. The zero-order valence-corrected chi connectivity index (χ0v) is 19.4. The van der Waals surface area contributed by atoms with Crippen LogP contribution in [-0.2, 0) is 6.42 Å². The van der Waals surface area contributed by atoms with Gasteiger partial charge < -0.3 is 14.5 Å². The molecule has 0 bridgehead atoms. The van der Waals surface area contributed by atoms with Crippen LogP contribution in [0.25, 0.3) is 0 Å². The van der Waals surface area contributed by atoms with Gasteiger partial charge in [-0.05, 0) is 43.7 Å². The average molecular weight is 451 g/mol. The van der Waals surface area contributed by atoms with Gasteiger partial charge in [-0.2, -0.15) is 0 Å². The van der Waals surface area contributed by atoms with Crippen LogP contribution >= 0.6 is 11.6 Å². The number of hydrogen-bond donors (Lipinski definition) is 0. The molecule has 4 rings (SSSR count). The lowest BCUT2D eigenvalue weighted by atomic mass is 10.0. The normalized spacial score (nSPS) is 13.9. The molecule has 0 saturated carbocycles. The molecule has 32 heavy (non-hydrogen) atoms. The van der Waals surface area contributed by atoms with Gasteiger partial charge in [0.1, 0.15) is 17.4 Å². The Bertz CT molecular complexity index is 1130. The van der Waals surface area contributed by atoms with Gasteiger partial charge in [-0.3, -0.25) is 4.79 Å². The van der Waals surface area contributed by atoms with Crippen LogP contribution in [0, 0.1) is 13.8 Å². The number of rotatable bonds is 5. The molecule has 0 atom stereocenters. The maximum absolute atomic E-state index is 13.0. The van der Waals surface area contributed by atoms with E-state index in [0.717, 1.165) is 33.5 Å². The van der Waals surface area contributed by atoms with Crippen molar-refractivity contribution in [3.63, 3.8) is 0 Å². The topological polar surface area (TPSA) is 58.6 Å². The first kappa shape index (κ1) is 22.1. The van der Waals surface area contributed by atoms with E-state index >= 15 is 0 Å². The lowest BCUT2D eigenvalue weighted by molar-refractivity contribution is 0.0746. The largest absolute Gasteiger partial charge is 0.497 e. The van der Waals surface area contributed by atoms with Crippen LogP contribution in [0.3, 0.4) is 0 Å². The molecular weight excluding hydrogens is 424 g/mol. The van der Waals surface area contributed by atoms with Crippen molar-refractivity contribution in [3.05, 3.63) is 81.8 Å². The lowest BCUT2D eigenvalue weighted by Gasteiger charge is -2.36. The Morgan fingerprint density at radius 2 is 1.78 bits per heavy atom. The van der Waals surface area contributed by atoms with Crippen LogP contribution in [0.4, 0.5) is 5.82 Å². The molecule has 6 nitrogen and oxygen atoms in total. The molecule has 2 heterocycles. The van der Waals surface area contributed by atoms with Crippen molar-refractivity contribution < 1.29 is 9.53 Å². The van der Waals surface area contributed by atoms with Crippen LogP contribution in [0.5, 0.6) is 5.75 Å². The third-order valence-corrected chi connectivity index (χ3v) is 6.18. The fourth-order valence-corrected chi connectivity index (χ4v) is 4.28. The average Bonchev–Trinajstić information content (AvgIpc) is 2.81. The molecule has 1 saturated heterocycles. The highest BCUT2D eigenvalue weighted by Crippen LogP contribution is 2.28. The van der Waals surface area contributed by atoms with Crippen molar-refractivity contribution in [1.29, 1.82) is 0 Å². The van der Waals surface area contributed by atoms with Gasteiger partial charge in [-0.15, -0.1) is 0 Å². The molecule has 0 aliphatic carbocycles. The summed E-state index contributed by atoms with van der Waals surface area (Å²) in [5.74, 6) is 2.39. The van der Waals surface area contributed by atoms with E-state index in [2.05, 4.69) is 9.88 Å². The molecule has 0 unspecified atom stereocenters. The number of halogens is 1. The highest BCUT2D eigenvalue weighted by atomic mass is 35.5. The van der Waals surface area contributed by atoms with Gasteiger partial charge >= 0.3 is 0 Å². The number of piperazine rings is 1. The van der Waals surface area contributed by atoms with Crippen LogP contribution in [0.15, 0.2) is 48.5 Å². The van der Waals surface area contributed by atoms with Crippen molar-refractivity contribution in [1.82, 2.24) is 14.9 Å². The predicted octanol–water partition coefficient (Wildman–Crippen LogP) is 4.31. The molecule has 0 radical (unpaired) electrons. The number of aryl methyl sites for hydroxylation is 2. The zero-order valence-electron chi connectivity index (χ0n) is 18.6. The number of carbonyl (C=O) groups excluding carboxylic acids is 1. The van der Waals surface area contributed by atoms with E-state index in [1.807, 2.05) is 61.2 Å². The fraction of sp³-hybridized carbons (Fsp3) is 0.320. The highest BCUT2D eigenvalue weighted by Gasteiger charge is 2.25. The number of nitrogens with zero attached hydrogens (tertiary/aromatic N) is 4. The summed E-state index contributed by atoms with van der Waals surface area (Å²) in [4.78, 5) is 26.5. The van der Waals surface area contributed by atoms with Crippen molar-refractivity contribution in [2.24, 2.45) is 0 Å². The Labute approximate surface area is 193 Å². The number of ether oxygens (including phenoxy) is 1. The molecular formula is C25H27ClN4O2. The van der Waals surface area contributed by atoms with Crippen LogP contribution < -0.4 is 9.64 Å². The maximum Gasteiger partial charge on any atom is 0.254 e. The SMILES string of the molecule is COc1cccc(C(=O)N2CCN(c3nc(C)nc(C)c3Cc3ccccc3Cl)CC2)c1. The molecule has 1 fully saturated rings. The molecule has 0 N–H and O–H groups in total. The molecule has 7 heteroatoms. The summed E-state index contributed by atoms with van der Waals surface area (Å²) in [5.41, 5.74) is 3.74. The Hall–Kier alpha value is -3.12. The Balaban J connectivity index is 1.53. The van der Waals surface area contributed by atoms with Gasteiger partial charge in [-0.1, -0.05) is 35.9 Å². The van der Waals surface area contributed by atoms with Gasteiger partial charge in [0.15, 0.2) is 0 Å². The Morgan fingerprint density at radius 3 is 2.50 bits per heavy atom. The minimum Gasteiger partial charge on any atom is -0.497 e. The number of benzene rings is 2. The highest BCUT2D eigenvalue weighted by molar-refractivity contribution is 6.31. The summed E-state index contributed by atoms with van der Waals surface area (Å²) < 4.78 is 5.26. The number of hydrogen-bond acceptors (Lipinski definition) is 5. The van der Waals surface area contributed by atoms with E-state index in [9.17, 15) is 4.79 Å². The van der Waals surface area contributed by atoms with Crippen molar-refractivity contribution in [2.75, 3.05) is 38.2 Å². The van der Waals surface area contributed by atoms with Crippen LogP contribution in [0.2, 0.25) is 5.02 Å². The van der Waals surface area contributed by atoms with Crippen molar-refractivity contribution in [3.8, 4) is 5.75 Å². The van der Waals surface area contributed by atoms with Gasteiger partial charge in [0.25, 0.3) is 5.91 Å². The molecule has 3 aromatic rings. The second-order valence-electron chi connectivity index (χ2n) is 7.94. The first-order valence-electron chi connectivity index (χ1n) is 10.7. The van der Waals surface area contributed by atoms with Gasteiger partial charge in [0.2, 0.25) is 0 Å². The van der Waals surface area contributed by atoms with E-state index in [1.165, 1.54) is 0 Å². The minimum absolute atomic E-state index is 0.0230. The first-order chi connectivity index (χ1) is 15.5. The van der Waals surface area contributed by atoms with E-state index in [4.69, 9.17) is 21.3 Å². The van der Waals surface area contributed by atoms with E-state index in [1.54, 1.807) is 13.2 Å². The Morgan fingerprint density at radius 1 is 1.03 bits per heavy atom. The molecule has 1 aliphatic heterocycles. The number of methoxy groups -OCH3 is 1. The van der Waals surface area contributed by atoms with E-state index in [-0.39, 0.29) is 5.91 Å². The zero-order chi connectivity index (χ0) is 22.7. The molecule has 166 valence electrons. The summed E-state index contributed by atoms with van der Waals surface area (Å²) in [6.45, 7) is 6.61. The summed E-state index contributed by atoms with van der Waals surface area (Å²) in [6.07, 6.45) is 0.671. The molecule has 0 spiro atoms. The number of amides is 1. The standard InChI is InChI=1S/C25H27ClN4O2/c1-17-22(16-19-7-4-5-10-23(19)26)24(28-18(2)27-17)29-11-13-30(14-12-29)25(31)20-8-6-9-21(15-20)32-3/h4-10,15H,11-14,16H2,1-3H3. The van der Waals surface area contributed by atoms with Crippen LogP contribution in [0.1, 0.15) is 33.0 Å². The maximum atomic E-state index is 13.0. The summed E-state index contributed by atoms with van der Waals surface area (Å²) in [7, 11) is 1.61. The quantitative estimate of drug-likeness (QED) is 0.579. The number of anilines is 1. The number of aromatic nitrogens is 2. The Kier molecular flexibility index (Phi) is 6.61. The molecule has 1 aliphatic rings. The molecule has 1 amide bonds. The second kappa shape index (κ2) is 9.57. The van der Waals surface area contributed by atoms with Gasteiger partial charge in [-0.25, -0.2) is 9.97 Å². The predicted molar refractivity (Wildman–Crippen MR) is 127 cm³/mol. The summed E-state index contributed by atoms with van der Waals surface area (Å²) >= 11 is 6.42. The minimum atomic E-state index is 0.0230. The lowest BCUT2D eigenvalue weighted by Crippen LogP contribution is -2.49. The third-order valence-electron chi connectivity index (χ3n) is 5.81. The van der Waals surface area contributed by atoms with E-state index in [0.29, 0.717) is 43.9 Å². The van der Waals surface area contributed by atoms with Gasteiger partial charge in [0.05, 0.1) is 7.11 Å². The second-order valence-corrected chi connectivity index (χ2v) is 8.34. The van der Waals surface area contributed by atoms with Gasteiger partial charge in [0, 0.05) is 54.4 Å². The van der Waals surface area contributed by atoms with E-state index < -0.39 is 0 Å². The van der Waals surface area contributed by atoms with Crippen molar-refractivity contribution >= 4 is 23.3 Å². The fourth-order valence-electron chi connectivity index (χ4n) is 4.08. The third kappa shape index (κ3) is 4.70. The summed E-state index contributed by atoms with van der Waals surface area (Å²) in [5, 5.41) is 0.743. The van der Waals surface area contributed by atoms with Crippen molar-refractivity contribution in [2.45, 2.75) is 20.3 Å². The molecule has 2 aromatic carbocycles. The molecule has 1 aromatic heterocycles. The summed E-state index contributed by atoms with van der Waals surface area (Å²) in [6, 6.07) is 15.2. The smallest absolute Gasteiger partial charge is 0.254 e. The van der Waals surface area contributed by atoms with Crippen LogP contribution in [-0.4, -0.2) is 54.1 Å².